The Morgan fingerprint density at radius 2 is 2.00 bits per heavy atom. The molecule has 1 atom stereocenters. The zero-order valence-corrected chi connectivity index (χ0v) is 11.7. The molecule has 0 unspecified atom stereocenters. The number of benzene rings is 1. The molecule has 0 radical (unpaired) electrons. The van der Waals surface area contributed by atoms with E-state index in [4.69, 9.17) is 0 Å². The smallest absolute Gasteiger partial charge is 0.258 e. The van der Waals surface area contributed by atoms with E-state index in [2.05, 4.69) is 14.7 Å². The van der Waals surface area contributed by atoms with Crippen molar-refractivity contribution in [1.82, 2.24) is 14.7 Å². The molecule has 2 N–H and O–H groups in total. The average Bonchev–Trinajstić information content (AvgIpc) is 2.89. The lowest BCUT2D eigenvalue weighted by molar-refractivity contribution is 0.563. The van der Waals surface area contributed by atoms with Gasteiger partial charge < -0.3 is 4.98 Å². The van der Waals surface area contributed by atoms with Gasteiger partial charge in [0.05, 0.1) is 6.20 Å². The van der Waals surface area contributed by atoms with E-state index < -0.39 is 10.0 Å². The molecule has 0 spiro atoms. The van der Waals surface area contributed by atoms with Crippen LogP contribution in [0.1, 0.15) is 31.3 Å². The van der Waals surface area contributed by atoms with Gasteiger partial charge in [-0.15, -0.1) is 0 Å². The van der Waals surface area contributed by atoms with Crippen LogP contribution in [0.25, 0.3) is 0 Å². The first-order valence-corrected chi connectivity index (χ1v) is 7.62. The fourth-order valence-corrected chi connectivity index (χ4v) is 2.94. The molecular formula is C13H17N3O2S. The minimum atomic E-state index is -3.56. The van der Waals surface area contributed by atoms with Crippen molar-refractivity contribution in [3.05, 3.63) is 47.9 Å². The Bertz CT molecular complexity index is 635. The summed E-state index contributed by atoms with van der Waals surface area (Å²) < 4.78 is 27.0. The fraction of sp³-hybridized carbons (Fsp3) is 0.308. The van der Waals surface area contributed by atoms with E-state index in [1.165, 1.54) is 6.20 Å². The highest BCUT2D eigenvalue weighted by atomic mass is 32.2. The summed E-state index contributed by atoms with van der Waals surface area (Å²) in [5.74, 6) is 0.660. The summed E-state index contributed by atoms with van der Waals surface area (Å²) in [6.45, 7) is 3.72. The summed E-state index contributed by atoms with van der Waals surface area (Å²) in [5.41, 5.74) is 0.918. The molecule has 2 rings (SSSR count). The highest BCUT2D eigenvalue weighted by Crippen LogP contribution is 2.15. The number of imidazole rings is 1. The van der Waals surface area contributed by atoms with Crippen LogP contribution < -0.4 is 4.72 Å². The molecule has 5 nitrogen and oxygen atoms in total. The van der Waals surface area contributed by atoms with Crippen LogP contribution in [-0.2, 0) is 16.4 Å². The molecule has 0 aliphatic heterocycles. The average molecular weight is 279 g/mol. The topological polar surface area (TPSA) is 74.8 Å². The molecule has 1 heterocycles. The Kier molecular flexibility index (Phi) is 4.01. The summed E-state index contributed by atoms with van der Waals surface area (Å²) in [4.78, 5) is 6.80. The molecule has 0 aliphatic carbocycles. The first-order chi connectivity index (χ1) is 9.03. The Morgan fingerprint density at radius 3 is 2.58 bits per heavy atom. The normalized spacial score (nSPS) is 13.4. The van der Waals surface area contributed by atoms with Gasteiger partial charge in [0.1, 0.15) is 5.82 Å². The van der Waals surface area contributed by atoms with Gasteiger partial charge in [0.25, 0.3) is 10.0 Å². The van der Waals surface area contributed by atoms with Crippen molar-refractivity contribution in [2.24, 2.45) is 0 Å². The molecular weight excluding hydrogens is 262 g/mol. The standard InChI is InChI=1S/C13H17N3O2S/c1-3-12-14-9-13(15-12)19(17,18)16-10(2)11-7-5-4-6-8-11/h4-10,16H,3H2,1-2H3,(H,14,15)/t10-/m0/s1. The molecule has 1 aromatic carbocycles. The monoisotopic (exact) mass is 279 g/mol. The van der Waals surface area contributed by atoms with Crippen LogP contribution in [0.3, 0.4) is 0 Å². The third kappa shape index (κ3) is 3.21. The molecule has 1 aromatic heterocycles. The maximum atomic E-state index is 12.2. The van der Waals surface area contributed by atoms with Gasteiger partial charge in [-0.2, -0.15) is 0 Å². The Hall–Kier alpha value is -1.66. The van der Waals surface area contributed by atoms with Crippen molar-refractivity contribution in [3.63, 3.8) is 0 Å². The molecule has 0 saturated heterocycles. The Labute approximate surface area is 113 Å². The lowest BCUT2D eigenvalue weighted by Crippen LogP contribution is -2.27. The minimum Gasteiger partial charge on any atom is -0.332 e. The number of rotatable bonds is 5. The molecule has 0 amide bonds. The van der Waals surface area contributed by atoms with Crippen molar-refractivity contribution in [2.45, 2.75) is 31.3 Å². The summed E-state index contributed by atoms with van der Waals surface area (Å²) in [5, 5.41) is 0.104. The van der Waals surface area contributed by atoms with Crippen LogP contribution in [0.5, 0.6) is 0 Å². The predicted octanol–water partition coefficient (Wildman–Crippen LogP) is 2.01. The number of aryl methyl sites for hydroxylation is 1. The molecule has 0 saturated carbocycles. The van der Waals surface area contributed by atoms with Gasteiger partial charge in [-0.05, 0) is 12.5 Å². The maximum Gasteiger partial charge on any atom is 0.258 e. The number of nitrogens with zero attached hydrogens (tertiary/aromatic N) is 1. The number of aromatic amines is 1. The van der Waals surface area contributed by atoms with E-state index in [-0.39, 0.29) is 11.1 Å². The summed E-state index contributed by atoms with van der Waals surface area (Å²) >= 11 is 0. The largest absolute Gasteiger partial charge is 0.332 e. The van der Waals surface area contributed by atoms with Crippen LogP contribution in [0, 0.1) is 0 Å². The maximum absolute atomic E-state index is 12.2. The lowest BCUT2D eigenvalue weighted by Gasteiger charge is -2.13. The molecule has 0 bridgehead atoms. The highest BCUT2D eigenvalue weighted by molar-refractivity contribution is 7.89. The highest BCUT2D eigenvalue weighted by Gasteiger charge is 2.20. The molecule has 19 heavy (non-hydrogen) atoms. The molecule has 2 aromatic rings. The van der Waals surface area contributed by atoms with Gasteiger partial charge in [-0.3, -0.25) is 0 Å². The number of hydrogen-bond acceptors (Lipinski definition) is 3. The van der Waals surface area contributed by atoms with E-state index >= 15 is 0 Å². The van der Waals surface area contributed by atoms with Crippen molar-refractivity contribution >= 4 is 10.0 Å². The molecule has 0 aliphatic rings. The van der Waals surface area contributed by atoms with Gasteiger partial charge in [0.2, 0.25) is 0 Å². The molecule has 6 heteroatoms. The molecule has 102 valence electrons. The van der Waals surface area contributed by atoms with Gasteiger partial charge in [-0.1, -0.05) is 37.3 Å². The second-order valence-electron chi connectivity index (χ2n) is 4.30. The number of H-pyrrole nitrogens is 1. The third-order valence-electron chi connectivity index (χ3n) is 2.86. The van der Waals surface area contributed by atoms with Gasteiger partial charge in [0.15, 0.2) is 5.03 Å². The summed E-state index contributed by atoms with van der Waals surface area (Å²) in [6.07, 6.45) is 2.02. The number of hydrogen-bond donors (Lipinski definition) is 2. The number of nitrogens with one attached hydrogen (secondary N) is 2. The van der Waals surface area contributed by atoms with Crippen LogP contribution >= 0.6 is 0 Å². The SMILES string of the molecule is CCc1ncc(S(=O)(=O)N[C@@H](C)c2ccccc2)[nH]1. The van der Waals surface area contributed by atoms with Gasteiger partial charge >= 0.3 is 0 Å². The van der Waals surface area contributed by atoms with Crippen LogP contribution in [0.15, 0.2) is 41.6 Å². The lowest BCUT2D eigenvalue weighted by atomic mass is 10.1. The first-order valence-electron chi connectivity index (χ1n) is 6.14. The Balaban J connectivity index is 2.17. The molecule has 0 fully saturated rings. The zero-order valence-electron chi connectivity index (χ0n) is 10.9. The van der Waals surface area contributed by atoms with E-state index in [1.807, 2.05) is 44.2 Å². The Morgan fingerprint density at radius 1 is 1.32 bits per heavy atom. The van der Waals surface area contributed by atoms with Crippen molar-refractivity contribution in [3.8, 4) is 0 Å². The fourth-order valence-electron chi connectivity index (χ4n) is 1.77. The van der Waals surface area contributed by atoms with Gasteiger partial charge in [-0.25, -0.2) is 18.1 Å². The van der Waals surface area contributed by atoms with E-state index in [1.54, 1.807) is 0 Å². The van der Waals surface area contributed by atoms with Crippen LogP contribution in [-0.4, -0.2) is 18.4 Å². The summed E-state index contributed by atoms with van der Waals surface area (Å²) in [6, 6.07) is 9.14. The second kappa shape index (κ2) is 5.54. The van der Waals surface area contributed by atoms with Crippen molar-refractivity contribution in [1.29, 1.82) is 0 Å². The van der Waals surface area contributed by atoms with E-state index in [0.29, 0.717) is 12.2 Å². The van der Waals surface area contributed by atoms with Crippen molar-refractivity contribution in [2.75, 3.05) is 0 Å². The van der Waals surface area contributed by atoms with E-state index in [9.17, 15) is 8.42 Å². The van der Waals surface area contributed by atoms with E-state index in [0.717, 1.165) is 5.56 Å². The quantitative estimate of drug-likeness (QED) is 0.879. The second-order valence-corrected chi connectivity index (χ2v) is 5.98. The van der Waals surface area contributed by atoms with Gasteiger partial charge in [0, 0.05) is 12.5 Å². The minimum absolute atomic E-state index is 0.104. The third-order valence-corrected chi connectivity index (χ3v) is 4.31. The number of sulfonamides is 1. The zero-order chi connectivity index (χ0) is 13.9. The van der Waals surface area contributed by atoms with Crippen LogP contribution in [0.4, 0.5) is 0 Å². The van der Waals surface area contributed by atoms with Crippen molar-refractivity contribution < 1.29 is 8.42 Å². The predicted molar refractivity (Wildman–Crippen MR) is 73.1 cm³/mol. The first kappa shape index (κ1) is 13.8. The van der Waals surface area contributed by atoms with Crippen LogP contribution in [0.2, 0.25) is 0 Å². The number of aromatic nitrogens is 2. The summed E-state index contributed by atoms with van der Waals surface area (Å²) in [7, 11) is -3.56.